The van der Waals surface area contributed by atoms with Crippen LogP contribution in [0.2, 0.25) is 0 Å². The molecule has 1 unspecified atom stereocenters. The Balaban J connectivity index is 0.00000392. The number of benzene rings is 1. The quantitative estimate of drug-likeness (QED) is 0.327. The normalized spacial score (nSPS) is 16.2. The predicted octanol–water partition coefficient (Wildman–Crippen LogP) is 2.87. The van der Waals surface area contributed by atoms with Gasteiger partial charge >= 0.3 is 0 Å². The molecule has 1 heterocycles. The molecule has 0 saturated carbocycles. The van der Waals surface area contributed by atoms with Gasteiger partial charge < -0.3 is 15.5 Å². The van der Waals surface area contributed by atoms with E-state index in [1.54, 1.807) is 0 Å². The third-order valence-electron chi connectivity index (χ3n) is 5.04. The summed E-state index contributed by atoms with van der Waals surface area (Å²) >= 11 is 0. The number of guanidine groups is 1. The van der Waals surface area contributed by atoms with Crippen molar-refractivity contribution in [1.82, 2.24) is 20.4 Å². The zero-order valence-electron chi connectivity index (χ0n) is 17.5. The van der Waals surface area contributed by atoms with Crippen LogP contribution in [0.1, 0.15) is 44.7 Å². The summed E-state index contributed by atoms with van der Waals surface area (Å²) in [4.78, 5) is 21.0. The third kappa shape index (κ3) is 7.58. The number of rotatable bonds is 8. The van der Waals surface area contributed by atoms with E-state index in [-0.39, 0.29) is 29.9 Å². The first-order valence-corrected chi connectivity index (χ1v) is 10.2. The average molecular weight is 501 g/mol. The van der Waals surface area contributed by atoms with Crippen LogP contribution in [0.15, 0.2) is 35.3 Å². The number of piperazine rings is 1. The number of nitrogens with one attached hydrogen (secondary N) is 2. The van der Waals surface area contributed by atoms with Gasteiger partial charge in [0.1, 0.15) is 0 Å². The first-order chi connectivity index (χ1) is 13.2. The van der Waals surface area contributed by atoms with Gasteiger partial charge in [0.2, 0.25) is 5.91 Å². The van der Waals surface area contributed by atoms with Crippen molar-refractivity contribution < 1.29 is 4.79 Å². The van der Waals surface area contributed by atoms with Gasteiger partial charge in [-0.25, -0.2) is 0 Å². The molecule has 1 saturated heterocycles. The number of amides is 1. The Labute approximate surface area is 187 Å². The van der Waals surface area contributed by atoms with E-state index in [0.717, 1.165) is 51.5 Å². The number of carbonyl (C=O) groups is 1. The maximum absolute atomic E-state index is 11.7. The maximum Gasteiger partial charge on any atom is 0.221 e. The van der Waals surface area contributed by atoms with Crippen molar-refractivity contribution in [3.05, 3.63) is 35.9 Å². The van der Waals surface area contributed by atoms with Crippen LogP contribution in [-0.2, 0) is 4.79 Å². The molecular formula is C21H36IN5O. The molecule has 1 aliphatic rings. The van der Waals surface area contributed by atoms with E-state index >= 15 is 0 Å². The van der Waals surface area contributed by atoms with Gasteiger partial charge in [0, 0.05) is 58.8 Å². The van der Waals surface area contributed by atoms with Crippen molar-refractivity contribution >= 4 is 35.8 Å². The first-order valence-electron chi connectivity index (χ1n) is 10.2. The van der Waals surface area contributed by atoms with E-state index in [9.17, 15) is 4.79 Å². The molecule has 0 aromatic heterocycles. The average Bonchev–Trinajstić information content (AvgIpc) is 2.72. The molecule has 2 N–H and O–H groups in total. The highest BCUT2D eigenvalue weighted by atomic mass is 127. The Kier molecular flexibility index (Phi) is 12.1. The van der Waals surface area contributed by atoms with Crippen molar-refractivity contribution in [3.8, 4) is 0 Å². The maximum atomic E-state index is 11.7. The first kappa shape index (κ1) is 24.7. The molecule has 1 aliphatic heterocycles. The Morgan fingerprint density at radius 1 is 1.07 bits per heavy atom. The van der Waals surface area contributed by atoms with Gasteiger partial charge in [-0.15, -0.1) is 24.0 Å². The molecule has 2 rings (SSSR count). The van der Waals surface area contributed by atoms with Gasteiger partial charge in [0.05, 0.1) is 0 Å². The number of hydrogen-bond acceptors (Lipinski definition) is 3. The number of halogens is 1. The fourth-order valence-electron chi connectivity index (χ4n) is 3.60. The summed E-state index contributed by atoms with van der Waals surface area (Å²) in [7, 11) is 1.81. The van der Waals surface area contributed by atoms with Crippen molar-refractivity contribution in [2.24, 2.45) is 4.99 Å². The Morgan fingerprint density at radius 2 is 1.75 bits per heavy atom. The molecule has 1 fully saturated rings. The summed E-state index contributed by atoms with van der Waals surface area (Å²) in [5.41, 5.74) is 1.40. The van der Waals surface area contributed by atoms with Gasteiger partial charge in [-0.2, -0.15) is 0 Å². The Bertz CT molecular complexity index is 588. The van der Waals surface area contributed by atoms with Gasteiger partial charge in [-0.05, 0) is 18.4 Å². The second-order valence-electron chi connectivity index (χ2n) is 6.93. The van der Waals surface area contributed by atoms with Crippen LogP contribution >= 0.6 is 24.0 Å². The monoisotopic (exact) mass is 501 g/mol. The fraction of sp³-hybridized carbons (Fsp3) is 0.619. The molecule has 1 aromatic rings. The summed E-state index contributed by atoms with van der Waals surface area (Å²) in [5.74, 6) is 0.990. The summed E-state index contributed by atoms with van der Waals surface area (Å²) in [6, 6.07) is 11.3. The van der Waals surface area contributed by atoms with Gasteiger partial charge in [0.15, 0.2) is 5.96 Å². The lowest BCUT2D eigenvalue weighted by Crippen LogP contribution is -2.53. The lowest BCUT2D eigenvalue weighted by Gasteiger charge is -2.40. The summed E-state index contributed by atoms with van der Waals surface area (Å²) in [6.45, 7) is 9.61. The molecule has 28 heavy (non-hydrogen) atoms. The number of nitrogens with zero attached hydrogens (tertiary/aromatic N) is 3. The molecule has 6 nitrogen and oxygen atoms in total. The van der Waals surface area contributed by atoms with Crippen LogP contribution in [0.25, 0.3) is 0 Å². The molecule has 0 spiro atoms. The summed E-state index contributed by atoms with van der Waals surface area (Å²) < 4.78 is 0. The van der Waals surface area contributed by atoms with Crippen molar-refractivity contribution in [2.75, 3.05) is 46.3 Å². The molecule has 158 valence electrons. The second kappa shape index (κ2) is 13.8. The molecule has 1 amide bonds. The highest BCUT2D eigenvalue weighted by Gasteiger charge is 2.25. The molecule has 0 aliphatic carbocycles. The van der Waals surface area contributed by atoms with Crippen LogP contribution in [-0.4, -0.2) is 68.0 Å². The Morgan fingerprint density at radius 3 is 2.32 bits per heavy atom. The van der Waals surface area contributed by atoms with E-state index in [1.807, 2.05) is 7.05 Å². The summed E-state index contributed by atoms with van der Waals surface area (Å²) in [5, 5.41) is 6.24. The van der Waals surface area contributed by atoms with E-state index in [4.69, 9.17) is 0 Å². The Hall–Kier alpha value is -1.35. The molecular weight excluding hydrogens is 465 g/mol. The standard InChI is InChI=1S/C21H35N5O.HI/c1-4-12-23-20(27)11-13-24-21(22-3)26-16-14-25(15-17-26)19(5-2)18-9-7-6-8-10-18;/h6-10,19H,4-5,11-17H2,1-3H3,(H,22,24)(H,23,27);1H. The highest BCUT2D eigenvalue weighted by molar-refractivity contribution is 14.0. The highest BCUT2D eigenvalue weighted by Crippen LogP contribution is 2.25. The van der Waals surface area contributed by atoms with Crippen LogP contribution in [0, 0.1) is 0 Å². The minimum absolute atomic E-state index is 0. The summed E-state index contributed by atoms with van der Waals surface area (Å²) in [6.07, 6.45) is 2.56. The minimum Gasteiger partial charge on any atom is -0.356 e. The molecule has 7 heteroatoms. The zero-order valence-corrected chi connectivity index (χ0v) is 19.8. The molecule has 1 aromatic carbocycles. The van der Waals surface area contributed by atoms with Crippen LogP contribution < -0.4 is 10.6 Å². The number of hydrogen-bond donors (Lipinski definition) is 2. The van der Waals surface area contributed by atoms with Gasteiger partial charge in [-0.1, -0.05) is 44.2 Å². The van der Waals surface area contributed by atoms with E-state index < -0.39 is 0 Å². The van der Waals surface area contributed by atoms with Crippen LogP contribution in [0.4, 0.5) is 0 Å². The lowest BCUT2D eigenvalue weighted by molar-refractivity contribution is -0.120. The van der Waals surface area contributed by atoms with Crippen LogP contribution in [0.5, 0.6) is 0 Å². The SMILES string of the molecule is CCCNC(=O)CCNC(=NC)N1CCN(C(CC)c2ccccc2)CC1.I. The van der Waals surface area contributed by atoms with Crippen molar-refractivity contribution in [2.45, 2.75) is 39.2 Å². The molecule has 0 bridgehead atoms. The predicted molar refractivity (Wildman–Crippen MR) is 127 cm³/mol. The topological polar surface area (TPSA) is 60.0 Å². The minimum atomic E-state index is 0. The second-order valence-corrected chi connectivity index (χ2v) is 6.93. The lowest BCUT2D eigenvalue weighted by atomic mass is 10.0. The number of aliphatic imine (C=N–C) groups is 1. The van der Waals surface area contributed by atoms with E-state index in [1.165, 1.54) is 5.56 Å². The largest absolute Gasteiger partial charge is 0.356 e. The number of carbonyl (C=O) groups excluding carboxylic acids is 1. The third-order valence-corrected chi connectivity index (χ3v) is 5.04. The smallest absolute Gasteiger partial charge is 0.221 e. The van der Waals surface area contributed by atoms with Crippen molar-refractivity contribution in [1.29, 1.82) is 0 Å². The van der Waals surface area contributed by atoms with E-state index in [2.05, 4.69) is 69.6 Å². The molecule has 1 atom stereocenters. The molecule has 0 radical (unpaired) electrons. The van der Waals surface area contributed by atoms with Crippen molar-refractivity contribution in [3.63, 3.8) is 0 Å². The van der Waals surface area contributed by atoms with E-state index in [0.29, 0.717) is 19.0 Å². The zero-order chi connectivity index (χ0) is 19.5. The fourth-order valence-corrected chi connectivity index (χ4v) is 3.60. The van der Waals surface area contributed by atoms with Crippen LogP contribution in [0.3, 0.4) is 0 Å². The van der Waals surface area contributed by atoms with Gasteiger partial charge in [-0.3, -0.25) is 14.7 Å². The van der Waals surface area contributed by atoms with Gasteiger partial charge in [0.25, 0.3) is 0 Å².